The zero-order valence-electron chi connectivity index (χ0n) is 14.9. The highest BCUT2D eigenvalue weighted by Gasteiger charge is 2.13. The topological polar surface area (TPSA) is 78.1 Å². The van der Waals surface area contributed by atoms with Gasteiger partial charge in [-0.15, -0.1) is 0 Å². The van der Waals surface area contributed by atoms with E-state index in [0.717, 1.165) is 13.0 Å². The van der Waals surface area contributed by atoms with Crippen LogP contribution in [0.25, 0.3) is 10.9 Å². The van der Waals surface area contributed by atoms with E-state index < -0.39 is 0 Å². The van der Waals surface area contributed by atoms with Gasteiger partial charge < -0.3 is 10.3 Å². The predicted molar refractivity (Wildman–Crippen MR) is 101 cm³/mol. The first-order valence-electron chi connectivity index (χ1n) is 8.56. The summed E-state index contributed by atoms with van der Waals surface area (Å²) in [5, 5.41) is 3.96. The van der Waals surface area contributed by atoms with Crippen molar-refractivity contribution in [2.24, 2.45) is 5.92 Å². The first-order valence-corrected chi connectivity index (χ1v) is 8.94. The van der Waals surface area contributed by atoms with Crippen molar-refractivity contribution >= 4 is 28.4 Å². The fraction of sp³-hybridized carbons (Fsp3) is 0.500. The fourth-order valence-corrected chi connectivity index (χ4v) is 2.72. The second-order valence-corrected chi connectivity index (χ2v) is 7.02. The number of rotatable bonds is 8. The molecule has 0 saturated heterocycles. The SMILES string of the molecule is CCCN(CC(=O)NCC(C)C)Cc1nc2cc(Cl)ccc2c(=O)[nH]1. The molecular formula is C18H25ClN4O2. The second kappa shape index (κ2) is 8.97. The van der Waals surface area contributed by atoms with Gasteiger partial charge in [-0.2, -0.15) is 0 Å². The number of carbonyl (C=O) groups excluding carboxylic acids is 1. The van der Waals surface area contributed by atoms with Crippen LogP contribution in [0.4, 0.5) is 0 Å². The highest BCUT2D eigenvalue weighted by molar-refractivity contribution is 6.31. The average Bonchev–Trinajstić information content (AvgIpc) is 2.52. The minimum atomic E-state index is -0.197. The van der Waals surface area contributed by atoms with E-state index in [1.54, 1.807) is 18.2 Å². The van der Waals surface area contributed by atoms with Crippen LogP contribution < -0.4 is 10.9 Å². The van der Waals surface area contributed by atoms with Crippen molar-refractivity contribution in [2.45, 2.75) is 33.7 Å². The lowest BCUT2D eigenvalue weighted by Gasteiger charge is -2.21. The molecule has 136 valence electrons. The molecule has 1 amide bonds. The van der Waals surface area contributed by atoms with Crippen LogP contribution in [-0.2, 0) is 11.3 Å². The van der Waals surface area contributed by atoms with Crippen molar-refractivity contribution in [3.05, 3.63) is 39.4 Å². The first-order chi connectivity index (χ1) is 11.9. The van der Waals surface area contributed by atoms with Crippen LogP contribution in [0.3, 0.4) is 0 Å². The molecule has 0 radical (unpaired) electrons. The summed E-state index contributed by atoms with van der Waals surface area (Å²) in [6.45, 7) is 8.24. The number of hydrogen-bond donors (Lipinski definition) is 2. The number of benzene rings is 1. The van der Waals surface area contributed by atoms with Crippen LogP contribution in [0.1, 0.15) is 33.0 Å². The van der Waals surface area contributed by atoms with Crippen molar-refractivity contribution in [2.75, 3.05) is 19.6 Å². The molecule has 0 aliphatic rings. The molecule has 0 bridgehead atoms. The van der Waals surface area contributed by atoms with Crippen LogP contribution in [-0.4, -0.2) is 40.4 Å². The van der Waals surface area contributed by atoms with Crippen LogP contribution in [0.15, 0.2) is 23.0 Å². The lowest BCUT2D eigenvalue weighted by molar-refractivity contribution is -0.122. The Labute approximate surface area is 152 Å². The monoisotopic (exact) mass is 364 g/mol. The summed E-state index contributed by atoms with van der Waals surface area (Å²) in [6.07, 6.45) is 0.904. The lowest BCUT2D eigenvalue weighted by atomic mass is 10.2. The molecule has 0 aliphatic carbocycles. The van der Waals surface area contributed by atoms with Crippen molar-refractivity contribution in [1.29, 1.82) is 0 Å². The average molecular weight is 365 g/mol. The second-order valence-electron chi connectivity index (χ2n) is 6.58. The number of carbonyl (C=O) groups is 1. The van der Waals surface area contributed by atoms with Gasteiger partial charge in [-0.3, -0.25) is 14.5 Å². The van der Waals surface area contributed by atoms with Crippen LogP contribution in [0.2, 0.25) is 5.02 Å². The van der Waals surface area contributed by atoms with Gasteiger partial charge in [0.25, 0.3) is 5.56 Å². The van der Waals surface area contributed by atoms with Gasteiger partial charge >= 0.3 is 0 Å². The number of fused-ring (bicyclic) bond motifs is 1. The van der Waals surface area contributed by atoms with E-state index in [0.29, 0.717) is 40.8 Å². The van der Waals surface area contributed by atoms with Crippen LogP contribution in [0.5, 0.6) is 0 Å². The molecule has 2 N–H and O–H groups in total. The van der Waals surface area contributed by atoms with Gasteiger partial charge in [0.1, 0.15) is 5.82 Å². The smallest absolute Gasteiger partial charge is 0.258 e. The molecule has 0 aliphatic heterocycles. The standard InChI is InChI=1S/C18H25ClN4O2/c1-4-7-23(11-17(24)20-9-12(2)3)10-16-21-15-8-13(19)5-6-14(15)18(25)22-16/h5-6,8,12H,4,7,9-11H2,1-3H3,(H,20,24)(H,21,22,25). The molecular weight excluding hydrogens is 340 g/mol. The van der Waals surface area contributed by atoms with Gasteiger partial charge in [0.05, 0.1) is 24.0 Å². The maximum atomic E-state index is 12.2. The van der Waals surface area contributed by atoms with E-state index >= 15 is 0 Å². The molecule has 1 heterocycles. The molecule has 7 heteroatoms. The van der Waals surface area contributed by atoms with E-state index in [9.17, 15) is 9.59 Å². The number of aromatic nitrogens is 2. The maximum Gasteiger partial charge on any atom is 0.258 e. The van der Waals surface area contributed by atoms with Gasteiger partial charge in [-0.1, -0.05) is 32.4 Å². The van der Waals surface area contributed by atoms with Crippen molar-refractivity contribution in [3.63, 3.8) is 0 Å². The summed E-state index contributed by atoms with van der Waals surface area (Å²) in [6, 6.07) is 5.01. The Hall–Kier alpha value is -1.92. The highest BCUT2D eigenvalue weighted by Crippen LogP contribution is 2.15. The number of nitrogens with one attached hydrogen (secondary N) is 2. The van der Waals surface area contributed by atoms with Gasteiger partial charge in [0.15, 0.2) is 0 Å². The third-order valence-corrected chi connectivity index (χ3v) is 3.94. The number of halogens is 1. The molecule has 25 heavy (non-hydrogen) atoms. The molecule has 0 saturated carbocycles. The number of nitrogens with zero attached hydrogens (tertiary/aromatic N) is 2. The van der Waals surface area contributed by atoms with E-state index in [-0.39, 0.29) is 18.0 Å². The molecule has 6 nitrogen and oxygen atoms in total. The van der Waals surface area contributed by atoms with E-state index in [2.05, 4.69) is 36.1 Å². The van der Waals surface area contributed by atoms with E-state index in [1.807, 2.05) is 4.90 Å². The molecule has 0 unspecified atom stereocenters. The van der Waals surface area contributed by atoms with Crippen LogP contribution in [0, 0.1) is 5.92 Å². The summed E-state index contributed by atoms with van der Waals surface area (Å²) < 4.78 is 0. The number of aromatic amines is 1. The first kappa shape index (κ1) is 19.4. The van der Waals surface area contributed by atoms with Gasteiger partial charge in [-0.05, 0) is 37.1 Å². The third kappa shape index (κ3) is 5.83. The Balaban J connectivity index is 2.14. The quantitative estimate of drug-likeness (QED) is 0.754. The summed E-state index contributed by atoms with van der Waals surface area (Å²) in [7, 11) is 0. The molecule has 2 aromatic rings. The van der Waals surface area contributed by atoms with Gasteiger partial charge in [-0.25, -0.2) is 4.98 Å². The maximum absolute atomic E-state index is 12.2. The summed E-state index contributed by atoms with van der Waals surface area (Å²) in [5.74, 6) is 0.921. The molecule has 2 rings (SSSR count). The summed E-state index contributed by atoms with van der Waals surface area (Å²) >= 11 is 5.99. The van der Waals surface area contributed by atoms with Gasteiger partial charge in [0.2, 0.25) is 5.91 Å². The molecule has 1 aromatic carbocycles. The number of amides is 1. The van der Waals surface area contributed by atoms with Crippen molar-refractivity contribution in [3.8, 4) is 0 Å². The third-order valence-electron chi connectivity index (χ3n) is 3.71. The summed E-state index contributed by atoms with van der Waals surface area (Å²) in [5.41, 5.74) is 0.365. The zero-order chi connectivity index (χ0) is 18.4. The minimum Gasteiger partial charge on any atom is -0.355 e. The molecule has 0 atom stereocenters. The van der Waals surface area contributed by atoms with E-state index in [4.69, 9.17) is 11.6 Å². The van der Waals surface area contributed by atoms with Crippen molar-refractivity contribution in [1.82, 2.24) is 20.2 Å². The molecule has 1 aromatic heterocycles. The Kier molecular flexibility index (Phi) is 6.96. The predicted octanol–water partition coefficient (Wildman–Crippen LogP) is 2.56. The van der Waals surface area contributed by atoms with Crippen LogP contribution >= 0.6 is 11.6 Å². The highest BCUT2D eigenvalue weighted by atomic mass is 35.5. The fourth-order valence-electron chi connectivity index (χ4n) is 2.55. The largest absolute Gasteiger partial charge is 0.355 e. The molecule has 0 fully saturated rings. The zero-order valence-corrected chi connectivity index (χ0v) is 15.7. The normalized spacial score (nSPS) is 11.4. The number of hydrogen-bond acceptors (Lipinski definition) is 4. The lowest BCUT2D eigenvalue weighted by Crippen LogP contribution is -2.39. The Morgan fingerprint density at radius 2 is 2.16 bits per heavy atom. The van der Waals surface area contributed by atoms with Gasteiger partial charge in [0, 0.05) is 11.6 Å². The Morgan fingerprint density at radius 3 is 2.84 bits per heavy atom. The van der Waals surface area contributed by atoms with E-state index in [1.165, 1.54) is 0 Å². The molecule has 0 spiro atoms. The minimum absolute atomic E-state index is 0.0201. The Morgan fingerprint density at radius 1 is 1.40 bits per heavy atom. The Bertz CT molecular complexity index is 788. The number of H-pyrrole nitrogens is 1. The van der Waals surface area contributed by atoms with Crippen molar-refractivity contribution < 1.29 is 4.79 Å². The summed E-state index contributed by atoms with van der Waals surface area (Å²) in [4.78, 5) is 33.6.